The second kappa shape index (κ2) is 10.5. The maximum Gasteiger partial charge on any atom is 0.282 e. The summed E-state index contributed by atoms with van der Waals surface area (Å²) in [6, 6.07) is 18.1. The SMILES string of the molecule is Cc1ccc(CNC(=O)c2nnc(CN3CCN(Cc4ccc(C#N)cc4)CC3)s2)cc1. The lowest BCUT2D eigenvalue weighted by Gasteiger charge is -2.34. The van der Waals surface area contributed by atoms with E-state index >= 15 is 0 Å². The number of aryl methyl sites for hydroxylation is 1. The minimum absolute atomic E-state index is 0.179. The Morgan fingerprint density at radius 2 is 1.59 bits per heavy atom. The second-order valence-corrected chi connectivity index (χ2v) is 9.09. The standard InChI is InChI=1S/C24H26N6OS/c1-18-2-4-20(5-3-18)15-26-23(31)24-28-27-22(32-24)17-30-12-10-29(11-13-30)16-21-8-6-19(14-25)7-9-21/h2-9H,10-13,15-17H2,1H3,(H,26,31). The van der Waals surface area contributed by atoms with Gasteiger partial charge in [-0.3, -0.25) is 14.6 Å². The summed E-state index contributed by atoms with van der Waals surface area (Å²) in [5, 5.41) is 21.4. The fourth-order valence-electron chi connectivity index (χ4n) is 3.61. The van der Waals surface area contributed by atoms with Gasteiger partial charge in [-0.2, -0.15) is 5.26 Å². The molecule has 0 unspecified atom stereocenters. The van der Waals surface area contributed by atoms with Crippen molar-refractivity contribution in [1.82, 2.24) is 25.3 Å². The summed E-state index contributed by atoms with van der Waals surface area (Å²) in [4.78, 5) is 17.2. The van der Waals surface area contributed by atoms with Crippen LogP contribution in [-0.4, -0.2) is 52.1 Å². The minimum Gasteiger partial charge on any atom is -0.346 e. The lowest BCUT2D eigenvalue weighted by Crippen LogP contribution is -2.45. The largest absolute Gasteiger partial charge is 0.346 e. The van der Waals surface area contributed by atoms with Crippen LogP contribution in [0, 0.1) is 18.3 Å². The molecule has 0 atom stereocenters. The van der Waals surface area contributed by atoms with E-state index in [1.54, 1.807) is 0 Å². The normalized spacial score (nSPS) is 14.8. The lowest BCUT2D eigenvalue weighted by molar-refractivity contribution is 0.0950. The topological polar surface area (TPSA) is 85.2 Å². The van der Waals surface area contributed by atoms with Gasteiger partial charge in [0.1, 0.15) is 5.01 Å². The Hall–Kier alpha value is -3.12. The van der Waals surface area contributed by atoms with Crippen LogP contribution >= 0.6 is 11.3 Å². The zero-order chi connectivity index (χ0) is 22.3. The molecule has 164 valence electrons. The van der Waals surface area contributed by atoms with E-state index in [4.69, 9.17) is 5.26 Å². The van der Waals surface area contributed by atoms with Crippen molar-refractivity contribution in [3.63, 3.8) is 0 Å². The first kappa shape index (κ1) is 22.1. The molecule has 8 heteroatoms. The van der Waals surface area contributed by atoms with Crippen molar-refractivity contribution in [2.24, 2.45) is 0 Å². The van der Waals surface area contributed by atoms with Gasteiger partial charge in [-0.1, -0.05) is 53.3 Å². The Morgan fingerprint density at radius 3 is 2.25 bits per heavy atom. The number of aromatic nitrogens is 2. The number of nitrogens with zero attached hydrogens (tertiary/aromatic N) is 5. The third-order valence-corrected chi connectivity index (χ3v) is 6.45. The molecule has 4 rings (SSSR count). The van der Waals surface area contributed by atoms with Gasteiger partial charge in [0.05, 0.1) is 18.2 Å². The molecule has 1 saturated heterocycles. The average molecular weight is 447 g/mol. The summed E-state index contributed by atoms with van der Waals surface area (Å²) >= 11 is 1.36. The molecule has 1 aliphatic rings. The molecule has 3 aromatic rings. The molecule has 0 bridgehead atoms. The number of hydrogen-bond donors (Lipinski definition) is 1. The van der Waals surface area contributed by atoms with E-state index in [0.717, 1.165) is 43.3 Å². The van der Waals surface area contributed by atoms with Crippen molar-refractivity contribution in [3.8, 4) is 6.07 Å². The maximum absolute atomic E-state index is 12.4. The summed E-state index contributed by atoms with van der Waals surface area (Å²) in [6.07, 6.45) is 0. The quantitative estimate of drug-likeness (QED) is 0.601. The van der Waals surface area contributed by atoms with E-state index in [0.29, 0.717) is 23.7 Å². The van der Waals surface area contributed by atoms with E-state index in [1.165, 1.54) is 22.5 Å². The summed E-state index contributed by atoms with van der Waals surface area (Å²) in [6.45, 7) is 7.98. The van der Waals surface area contributed by atoms with Gasteiger partial charge in [0, 0.05) is 39.3 Å². The molecule has 1 fully saturated rings. The molecule has 1 aromatic heterocycles. The molecular weight excluding hydrogens is 420 g/mol. The fraction of sp³-hybridized carbons (Fsp3) is 0.333. The molecule has 1 amide bonds. The highest BCUT2D eigenvalue weighted by Crippen LogP contribution is 2.15. The Kier molecular flexibility index (Phi) is 7.22. The van der Waals surface area contributed by atoms with Crippen molar-refractivity contribution in [2.45, 2.75) is 26.6 Å². The number of carbonyl (C=O) groups excluding carboxylic acids is 1. The van der Waals surface area contributed by atoms with Crippen LogP contribution in [-0.2, 0) is 19.6 Å². The third kappa shape index (κ3) is 5.98. The van der Waals surface area contributed by atoms with Crippen LogP contribution in [0.2, 0.25) is 0 Å². The van der Waals surface area contributed by atoms with Crippen molar-refractivity contribution in [2.75, 3.05) is 26.2 Å². The van der Waals surface area contributed by atoms with Crippen LogP contribution in [0.3, 0.4) is 0 Å². The summed E-state index contributed by atoms with van der Waals surface area (Å²) in [7, 11) is 0. The minimum atomic E-state index is -0.179. The Bertz CT molecular complexity index is 1080. The monoisotopic (exact) mass is 446 g/mol. The highest BCUT2D eigenvalue weighted by atomic mass is 32.1. The van der Waals surface area contributed by atoms with Gasteiger partial charge in [0.15, 0.2) is 0 Å². The van der Waals surface area contributed by atoms with Crippen LogP contribution in [0.1, 0.15) is 37.1 Å². The first-order valence-corrected chi connectivity index (χ1v) is 11.5. The smallest absolute Gasteiger partial charge is 0.282 e. The number of hydrogen-bond acceptors (Lipinski definition) is 7. The first-order valence-electron chi connectivity index (χ1n) is 10.7. The molecule has 0 radical (unpaired) electrons. The van der Waals surface area contributed by atoms with E-state index in [1.807, 2.05) is 55.5 Å². The number of carbonyl (C=O) groups is 1. The molecule has 1 N–H and O–H groups in total. The van der Waals surface area contributed by atoms with Gasteiger partial charge < -0.3 is 5.32 Å². The fourth-order valence-corrected chi connectivity index (χ4v) is 4.41. The second-order valence-electron chi connectivity index (χ2n) is 8.03. The first-order chi connectivity index (χ1) is 15.6. The molecule has 2 aromatic carbocycles. The van der Waals surface area contributed by atoms with E-state index in [2.05, 4.69) is 31.4 Å². The van der Waals surface area contributed by atoms with E-state index < -0.39 is 0 Å². The number of rotatable bonds is 7. The predicted molar refractivity (Wildman–Crippen MR) is 124 cm³/mol. The summed E-state index contributed by atoms with van der Waals surface area (Å²) < 4.78 is 0. The van der Waals surface area contributed by atoms with Crippen molar-refractivity contribution < 1.29 is 4.79 Å². The van der Waals surface area contributed by atoms with E-state index in [-0.39, 0.29) is 5.91 Å². The zero-order valence-electron chi connectivity index (χ0n) is 18.1. The molecule has 1 aliphatic heterocycles. The van der Waals surface area contributed by atoms with Gasteiger partial charge in [-0.05, 0) is 30.2 Å². The molecular formula is C24H26N6OS. The third-order valence-electron chi connectivity index (χ3n) is 5.55. The molecule has 0 spiro atoms. The predicted octanol–water partition coefficient (Wildman–Crippen LogP) is 2.97. The van der Waals surface area contributed by atoms with Gasteiger partial charge in [-0.15, -0.1) is 10.2 Å². The number of nitriles is 1. The number of amides is 1. The summed E-state index contributed by atoms with van der Waals surface area (Å²) in [5.74, 6) is -0.179. The highest BCUT2D eigenvalue weighted by molar-refractivity contribution is 7.13. The Labute approximate surface area is 192 Å². The van der Waals surface area contributed by atoms with E-state index in [9.17, 15) is 4.79 Å². The molecule has 7 nitrogen and oxygen atoms in total. The number of nitrogens with one attached hydrogen (secondary N) is 1. The molecule has 0 aliphatic carbocycles. The van der Waals surface area contributed by atoms with Gasteiger partial charge in [-0.25, -0.2) is 0 Å². The van der Waals surface area contributed by atoms with Crippen LogP contribution in [0.4, 0.5) is 0 Å². The van der Waals surface area contributed by atoms with Gasteiger partial charge in [0.2, 0.25) is 5.01 Å². The van der Waals surface area contributed by atoms with Crippen LogP contribution in [0.15, 0.2) is 48.5 Å². The van der Waals surface area contributed by atoms with Gasteiger partial charge >= 0.3 is 0 Å². The molecule has 0 saturated carbocycles. The average Bonchev–Trinajstić information content (AvgIpc) is 3.29. The van der Waals surface area contributed by atoms with Crippen LogP contribution < -0.4 is 5.32 Å². The lowest BCUT2D eigenvalue weighted by atomic mass is 10.1. The highest BCUT2D eigenvalue weighted by Gasteiger charge is 2.20. The van der Waals surface area contributed by atoms with Crippen LogP contribution in [0.25, 0.3) is 0 Å². The van der Waals surface area contributed by atoms with Gasteiger partial charge in [0.25, 0.3) is 5.91 Å². The van der Waals surface area contributed by atoms with Crippen molar-refractivity contribution in [3.05, 3.63) is 80.8 Å². The van der Waals surface area contributed by atoms with Crippen LogP contribution in [0.5, 0.6) is 0 Å². The molecule has 2 heterocycles. The Balaban J connectivity index is 1.22. The zero-order valence-corrected chi connectivity index (χ0v) is 18.9. The van der Waals surface area contributed by atoms with Crippen molar-refractivity contribution in [1.29, 1.82) is 5.26 Å². The number of benzene rings is 2. The number of piperazine rings is 1. The van der Waals surface area contributed by atoms with Crippen molar-refractivity contribution >= 4 is 17.2 Å². The maximum atomic E-state index is 12.4. The molecule has 32 heavy (non-hydrogen) atoms. The summed E-state index contributed by atoms with van der Waals surface area (Å²) in [5.41, 5.74) is 4.18. The Morgan fingerprint density at radius 1 is 0.969 bits per heavy atom.